The van der Waals surface area contributed by atoms with E-state index in [1.165, 1.54) is 12.0 Å². The molecule has 5 heteroatoms. The lowest BCUT2D eigenvalue weighted by Crippen LogP contribution is -2.47. The number of hydrogen-bond donors (Lipinski definition) is 1. The molecule has 2 aliphatic carbocycles. The van der Waals surface area contributed by atoms with Crippen molar-refractivity contribution in [1.82, 2.24) is 10.3 Å². The Morgan fingerprint density at radius 2 is 1.68 bits per heavy atom. The minimum atomic E-state index is -0.829. The molecule has 1 heterocycles. The first kappa shape index (κ1) is 26.1. The van der Waals surface area contributed by atoms with Gasteiger partial charge in [0.25, 0.3) is 5.91 Å². The van der Waals surface area contributed by atoms with Gasteiger partial charge in [-0.3, -0.25) is 19.5 Å². The molecular formula is C33H39N3O2. The smallest absolute Gasteiger partial charge is 0.254 e. The average Bonchev–Trinajstić information content (AvgIpc) is 3.47. The number of pyridine rings is 1. The second kappa shape index (κ2) is 11.1. The molecule has 1 fully saturated rings. The van der Waals surface area contributed by atoms with Crippen molar-refractivity contribution in [3.8, 4) is 0 Å². The summed E-state index contributed by atoms with van der Waals surface area (Å²) in [5.74, 6) is -0.232. The highest BCUT2D eigenvalue weighted by Gasteiger charge is 2.37. The highest BCUT2D eigenvalue weighted by Crippen LogP contribution is 2.36. The van der Waals surface area contributed by atoms with Gasteiger partial charge in [-0.15, -0.1) is 0 Å². The first-order chi connectivity index (χ1) is 18.3. The summed E-state index contributed by atoms with van der Waals surface area (Å²) in [6.45, 7) is 6.53. The molecule has 3 aromatic rings. The Bertz CT molecular complexity index is 1330. The fraction of sp³-hybridized carbons (Fsp3) is 0.424. The van der Waals surface area contributed by atoms with Gasteiger partial charge >= 0.3 is 0 Å². The minimum Gasteiger partial charge on any atom is -0.351 e. The van der Waals surface area contributed by atoms with E-state index in [1.54, 1.807) is 11.1 Å². The van der Waals surface area contributed by atoms with E-state index in [9.17, 15) is 9.59 Å². The fourth-order valence-electron chi connectivity index (χ4n) is 5.81. The van der Waals surface area contributed by atoms with Gasteiger partial charge < -0.3 is 5.32 Å². The summed E-state index contributed by atoms with van der Waals surface area (Å²) >= 11 is 0. The Morgan fingerprint density at radius 3 is 2.37 bits per heavy atom. The number of nitrogens with zero attached hydrogens (tertiary/aromatic N) is 2. The van der Waals surface area contributed by atoms with Crippen molar-refractivity contribution in [2.24, 2.45) is 0 Å². The van der Waals surface area contributed by atoms with E-state index in [0.29, 0.717) is 0 Å². The van der Waals surface area contributed by atoms with Gasteiger partial charge in [0, 0.05) is 40.6 Å². The molecule has 5 nitrogen and oxygen atoms in total. The van der Waals surface area contributed by atoms with Crippen LogP contribution in [0.25, 0.3) is 10.8 Å². The zero-order chi connectivity index (χ0) is 26.7. The number of carbonyl (C=O) groups is 2. The van der Waals surface area contributed by atoms with Gasteiger partial charge in [0.2, 0.25) is 5.91 Å². The van der Waals surface area contributed by atoms with Crippen LogP contribution >= 0.6 is 0 Å². The van der Waals surface area contributed by atoms with Crippen molar-refractivity contribution in [3.63, 3.8) is 0 Å². The van der Waals surface area contributed by atoms with Crippen LogP contribution in [0.1, 0.15) is 89.3 Å². The van der Waals surface area contributed by atoms with E-state index in [2.05, 4.69) is 43.2 Å². The third-order valence-corrected chi connectivity index (χ3v) is 8.00. The van der Waals surface area contributed by atoms with Crippen LogP contribution < -0.4 is 10.2 Å². The van der Waals surface area contributed by atoms with E-state index in [4.69, 9.17) is 0 Å². The van der Waals surface area contributed by atoms with E-state index < -0.39 is 6.04 Å². The van der Waals surface area contributed by atoms with E-state index in [1.807, 2.05) is 48.7 Å². The van der Waals surface area contributed by atoms with Crippen molar-refractivity contribution >= 4 is 28.3 Å². The predicted molar refractivity (Wildman–Crippen MR) is 154 cm³/mol. The molecule has 2 amide bonds. The summed E-state index contributed by atoms with van der Waals surface area (Å²) < 4.78 is 0. The summed E-state index contributed by atoms with van der Waals surface area (Å²) in [6, 6.07) is 15.4. The molecule has 1 atom stereocenters. The van der Waals surface area contributed by atoms with Crippen LogP contribution in [-0.2, 0) is 15.0 Å². The number of rotatable bonds is 6. The molecule has 2 aliphatic rings. The Hall–Kier alpha value is -3.47. The lowest BCUT2D eigenvalue weighted by atomic mass is 9.87. The SMILES string of the molecule is CC(C)(C)c1ccc(N(C(=O)C2=CCCC2)C(C(=O)NC2CCCCC2)c2cncc3ccccc23)cc1. The summed E-state index contributed by atoms with van der Waals surface area (Å²) in [5.41, 5.74) is 3.44. The number of benzene rings is 2. The van der Waals surface area contributed by atoms with Crippen molar-refractivity contribution in [2.45, 2.75) is 89.6 Å². The summed E-state index contributed by atoms with van der Waals surface area (Å²) in [7, 11) is 0. The maximum atomic E-state index is 14.3. The molecule has 1 N–H and O–H groups in total. The fourth-order valence-corrected chi connectivity index (χ4v) is 5.81. The van der Waals surface area contributed by atoms with Gasteiger partial charge in [-0.25, -0.2) is 0 Å². The van der Waals surface area contributed by atoms with Crippen molar-refractivity contribution in [1.29, 1.82) is 0 Å². The molecule has 1 saturated carbocycles. The summed E-state index contributed by atoms with van der Waals surface area (Å²) in [4.78, 5) is 34.7. The molecule has 0 radical (unpaired) electrons. The lowest BCUT2D eigenvalue weighted by Gasteiger charge is -2.34. The van der Waals surface area contributed by atoms with Crippen molar-refractivity contribution < 1.29 is 9.59 Å². The zero-order valence-corrected chi connectivity index (χ0v) is 22.9. The van der Waals surface area contributed by atoms with E-state index in [0.717, 1.165) is 72.5 Å². The average molecular weight is 510 g/mol. The summed E-state index contributed by atoms with van der Waals surface area (Å²) in [6.07, 6.45) is 13.6. The molecule has 0 spiro atoms. The molecule has 1 aromatic heterocycles. The first-order valence-electron chi connectivity index (χ1n) is 14.1. The number of hydrogen-bond acceptors (Lipinski definition) is 3. The Balaban J connectivity index is 1.65. The number of fused-ring (bicyclic) bond motifs is 1. The van der Waals surface area contributed by atoms with Crippen LogP contribution in [0, 0.1) is 0 Å². The highest BCUT2D eigenvalue weighted by molar-refractivity contribution is 6.11. The van der Waals surface area contributed by atoms with E-state index in [-0.39, 0.29) is 23.3 Å². The molecule has 1 unspecified atom stereocenters. The summed E-state index contributed by atoms with van der Waals surface area (Å²) in [5, 5.41) is 5.23. The highest BCUT2D eigenvalue weighted by atomic mass is 16.2. The maximum absolute atomic E-state index is 14.3. The van der Waals surface area contributed by atoms with Gasteiger partial charge in [0.05, 0.1) is 0 Å². The second-order valence-corrected chi connectivity index (χ2v) is 11.8. The molecule has 198 valence electrons. The quantitative estimate of drug-likeness (QED) is 0.383. The van der Waals surface area contributed by atoms with Crippen molar-refractivity contribution in [2.75, 3.05) is 4.90 Å². The molecule has 38 heavy (non-hydrogen) atoms. The van der Waals surface area contributed by atoms with Crippen molar-refractivity contribution in [3.05, 3.63) is 83.7 Å². The minimum absolute atomic E-state index is 0.0152. The molecular weight excluding hydrogens is 470 g/mol. The number of nitrogens with one attached hydrogen (secondary N) is 1. The number of aromatic nitrogens is 1. The number of carbonyl (C=O) groups excluding carboxylic acids is 2. The van der Waals surface area contributed by atoms with E-state index >= 15 is 0 Å². The third kappa shape index (κ3) is 5.52. The normalized spacial score (nSPS) is 17.2. The zero-order valence-electron chi connectivity index (χ0n) is 22.9. The Morgan fingerprint density at radius 1 is 0.947 bits per heavy atom. The number of anilines is 1. The number of amides is 2. The number of allylic oxidation sites excluding steroid dienone is 1. The largest absolute Gasteiger partial charge is 0.351 e. The van der Waals surface area contributed by atoms with Crippen LogP contribution in [-0.4, -0.2) is 22.8 Å². The second-order valence-electron chi connectivity index (χ2n) is 11.8. The molecule has 0 bridgehead atoms. The topological polar surface area (TPSA) is 62.3 Å². The van der Waals surface area contributed by atoms with Gasteiger partial charge in [-0.05, 0) is 60.6 Å². The Labute approximate surface area is 226 Å². The van der Waals surface area contributed by atoms with Crippen LogP contribution in [0.15, 0.2) is 72.6 Å². The first-order valence-corrected chi connectivity index (χ1v) is 14.1. The molecule has 0 saturated heterocycles. The van der Waals surface area contributed by atoms with Gasteiger partial charge in [0.1, 0.15) is 6.04 Å². The van der Waals surface area contributed by atoms with Gasteiger partial charge in [-0.2, -0.15) is 0 Å². The monoisotopic (exact) mass is 509 g/mol. The molecule has 0 aliphatic heterocycles. The van der Waals surface area contributed by atoms with Crippen LogP contribution in [0.3, 0.4) is 0 Å². The third-order valence-electron chi connectivity index (χ3n) is 8.00. The Kier molecular flexibility index (Phi) is 7.64. The van der Waals surface area contributed by atoms with Crippen LogP contribution in [0.2, 0.25) is 0 Å². The maximum Gasteiger partial charge on any atom is 0.254 e. The van der Waals surface area contributed by atoms with Gasteiger partial charge in [-0.1, -0.05) is 82.5 Å². The molecule has 2 aromatic carbocycles. The standard InChI is InChI=1S/C33H39N3O2/c1-33(2,3)25-17-19-27(20-18-25)36(32(38)23-11-7-8-12-23)30(31(37)35-26-14-5-4-6-15-26)29-22-34-21-24-13-9-10-16-28(24)29/h9-11,13,16-22,26,30H,4-8,12,14-15H2,1-3H3,(H,35,37). The van der Waals surface area contributed by atoms with Crippen LogP contribution in [0.5, 0.6) is 0 Å². The molecule has 5 rings (SSSR count). The van der Waals surface area contributed by atoms with Gasteiger partial charge in [0.15, 0.2) is 0 Å². The van der Waals surface area contributed by atoms with Crippen LogP contribution in [0.4, 0.5) is 5.69 Å². The predicted octanol–water partition coefficient (Wildman–Crippen LogP) is 7.17. The lowest BCUT2D eigenvalue weighted by molar-refractivity contribution is -0.126.